The predicted octanol–water partition coefficient (Wildman–Crippen LogP) is 6.54. The fourth-order valence-electron chi connectivity index (χ4n) is 5.41. The van der Waals surface area contributed by atoms with Crippen LogP contribution in [0.4, 0.5) is 0 Å². The molecule has 0 saturated carbocycles. The van der Waals surface area contributed by atoms with Crippen molar-refractivity contribution in [1.82, 2.24) is 9.55 Å². The number of unbranched alkanes of at least 4 members (excludes halogenated alkanes) is 14. The summed E-state index contributed by atoms with van der Waals surface area (Å²) in [6.45, 7) is 4.43. The Balaban J connectivity index is 1.44. The fourth-order valence-corrected chi connectivity index (χ4v) is 5.41. The van der Waals surface area contributed by atoms with Crippen LogP contribution in [0.25, 0.3) is 0 Å². The minimum Gasteiger partial charge on any atom is -0.463 e. The molecular formula is C31H51N3O6. The van der Waals surface area contributed by atoms with Crippen molar-refractivity contribution in [2.75, 3.05) is 6.61 Å². The fraction of sp³-hybridized carbons (Fsp3) is 0.806. The minimum atomic E-state index is -0.724. The first-order chi connectivity index (χ1) is 19.5. The molecule has 1 saturated heterocycles. The smallest absolute Gasteiger partial charge is 0.306 e. The number of nitrogens with zero attached hydrogens (tertiary/aromatic N) is 2. The van der Waals surface area contributed by atoms with Crippen molar-refractivity contribution in [3.8, 4) is 6.01 Å². The lowest BCUT2D eigenvalue weighted by Crippen LogP contribution is -2.40. The van der Waals surface area contributed by atoms with Gasteiger partial charge in [-0.2, -0.15) is 4.98 Å². The monoisotopic (exact) mass is 561 g/mol. The Morgan fingerprint density at radius 1 is 0.850 bits per heavy atom. The molecule has 1 N–H and O–H groups in total. The number of aromatic nitrogens is 2. The van der Waals surface area contributed by atoms with Gasteiger partial charge in [0.05, 0.1) is 0 Å². The molecule has 1 aromatic heterocycles. The van der Waals surface area contributed by atoms with Crippen molar-refractivity contribution in [2.45, 2.75) is 154 Å². The summed E-state index contributed by atoms with van der Waals surface area (Å²) >= 11 is 0. The summed E-state index contributed by atoms with van der Waals surface area (Å²) in [7, 11) is 0. The molecule has 4 unspecified atom stereocenters. The molecule has 3 heterocycles. The summed E-state index contributed by atoms with van der Waals surface area (Å²) in [5, 5.41) is 7.78. The van der Waals surface area contributed by atoms with Gasteiger partial charge in [0, 0.05) is 19.0 Å². The normalized spacial score (nSPS) is 21.1. The van der Waals surface area contributed by atoms with E-state index in [0.29, 0.717) is 12.8 Å². The Morgan fingerprint density at radius 2 is 1.40 bits per heavy atom. The predicted molar refractivity (Wildman–Crippen MR) is 152 cm³/mol. The first-order valence-corrected chi connectivity index (χ1v) is 15.8. The maximum atomic E-state index is 12.8. The van der Waals surface area contributed by atoms with Crippen LogP contribution in [0.5, 0.6) is 6.01 Å². The number of hydrogen-bond acceptors (Lipinski definition) is 8. The van der Waals surface area contributed by atoms with E-state index < -0.39 is 24.5 Å². The van der Waals surface area contributed by atoms with Crippen LogP contribution in [0.3, 0.4) is 0 Å². The summed E-state index contributed by atoms with van der Waals surface area (Å²) < 4.78 is 25.3. The summed E-state index contributed by atoms with van der Waals surface area (Å²) in [5.41, 5.74) is 0.0842. The molecule has 9 heteroatoms. The Labute approximate surface area is 239 Å². The van der Waals surface area contributed by atoms with Gasteiger partial charge in [-0.25, -0.2) is 0 Å². The van der Waals surface area contributed by atoms with Gasteiger partial charge in [0.25, 0.3) is 0 Å². The zero-order chi connectivity index (χ0) is 28.6. The zero-order valence-electron chi connectivity index (χ0n) is 24.7. The Hall–Kier alpha value is -2.42. The third-order valence-electron chi connectivity index (χ3n) is 7.78. The van der Waals surface area contributed by atoms with Gasteiger partial charge >= 0.3 is 17.9 Å². The average Bonchev–Trinajstić information content (AvgIpc) is 3.45. The molecule has 0 bridgehead atoms. The van der Waals surface area contributed by atoms with Crippen LogP contribution in [0.15, 0.2) is 12.3 Å². The van der Waals surface area contributed by atoms with Gasteiger partial charge in [-0.05, 0) is 18.9 Å². The van der Waals surface area contributed by atoms with Gasteiger partial charge in [0.1, 0.15) is 12.7 Å². The van der Waals surface area contributed by atoms with E-state index in [2.05, 4.69) is 18.8 Å². The zero-order valence-corrected chi connectivity index (χ0v) is 24.7. The number of ether oxygens (including phenoxy) is 4. The highest BCUT2D eigenvalue weighted by molar-refractivity contribution is 5.70. The second-order valence-corrected chi connectivity index (χ2v) is 11.2. The third-order valence-corrected chi connectivity index (χ3v) is 7.78. The topological polar surface area (TPSA) is 113 Å². The molecule has 0 aliphatic carbocycles. The van der Waals surface area contributed by atoms with Crippen LogP contribution in [-0.2, 0) is 23.8 Å². The Bertz CT molecular complexity index is 951. The highest BCUT2D eigenvalue weighted by Crippen LogP contribution is 2.40. The van der Waals surface area contributed by atoms with E-state index in [1.54, 1.807) is 16.8 Å². The quantitative estimate of drug-likeness (QED) is 0.134. The van der Waals surface area contributed by atoms with Crippen LogP contribution in [0.1, 0.15) is 136 Å². The van der Waals surface area contributed by atoms with E-state index in [-0.39, 0.29) is 30.0 Å². The molecule has 0 aromatic carbocycles. The Morgan fingerprint density at radius 3 is 2.00 bits per heavy atom. The van der Waals surface area contributed by atoms with Gasteiger partial charge in [0.2, 0.25) is 0 Å². The average molecular weight is 562 g/mol. The number of fused-ring (bicyclic) bond motifs is 3. The molecule has 40 heavy (non-hydrogen) atoms. The largest absolute Gasteiger partial charge is 0.463 e. The van der Waals surface area contributed by atoms with Gasteiger partial charge in [-0.15, -0.1) is 0 Å². The molecule has 226 valence electrons. The van der Waals surface area contributed by atoms with Gasteiger partial charge < -0.3 is 18.9 Å². The summed E-state index contributed by atoms with van der Waals surface area (Å²) in [6.07, 6.45) is 18.4. The van der Waals surface area contributed by atoms with Crippen molar-refractivity contribution < 1.29 is 28.5 Å². The molecule has 1 aromatic rings. The van der Waals surface area contributed by atoms with Gasteiger partial charge in [-0.1, -0.05) is 104 Å². The van der Waals surface area contributed by atoms with Crippen molar-refractivity contribution in [3.63, 3.8) is 0 Å². The maximum Gasteiger partial charge on any atom is 0.306 e. The van der Waals surface area contributed by atoms with E-state index in [9.17, 15) is 9.59 Å². The molecule has 4 atom stereocenters. The lowest BCUT2D eigenvalue weighted by atomic mass is 10.1. The number of esters is 2. The van der Waals surface area contributed by atoms with E-state index in [1.807, 2.05) is 0 Å². The highest BCUT2D eigenvalue weighted by Gasteiger charge is 2.54. The molecule has 9 nitrogen and oxygen atoms in total. The second kappa shape index (κ2) is 18.1. The number of carbonyl (C=O) groups excluding carboxylic acids is 2. The van der Waals surface area contributed by atoms with Crippen LogP contribution < -0.4 is 10.2 Å². The van der Waals surface area contributed by atoms with E-state index in [0.717, 1.165) is 38.5 Å². The molecule has 0 amide bonds. The Kier molecular flexibility index (Phi) is 14.5. The minimum absolute atomic E-state index is 0.00175. The molecule has 0 spiro atoms. The molecule has 2 aliphatic rings. The van der Waals surface area contributed by atoms with E-state index >= 15 is 0 Å². The van der Waals surface area contributed by atoms with E-state index in [1.165, 1.54) is 64.2 Å². The van der Waals surface area contributed by atoms with Crippen molar-refractivity contribution in [1.29, 1.82) is 5.41 Å². The first kappa shape index (κ1) is 32.1. The van der Waals surface area contributed by atoms with Crippen molar-refractivity contribution in [3.05, 3.63) is 17.8 Å². The number of carbonyl (C=O) groups is 2. The summed E-state index contributed by atoms with van der Waals surface area (Å²) in [6, 6.07) is 1.82. The third kappa shape index (κ3) is 10.5. The van der Waals surface area contributed by atoms with Crippen molar-refractivity contribution in [2.24, 2.45) is 0 Å². The first-order valence-electron chi connectivity index (χ1n) is 15.8. The number of rotatable bonds is 21. The van der Waals surface area contributed by atoms with Crippen LogP contribution in [0.2, 0.25) is 0 Å². The van der Waals surface area contributed by atoms with E-state index in [4.69, 9.17) is 24.4 Å². The standard InChI is InChI=1S/C31H51N3O6/c1-3-5-7-9-11-13-15-17-19-26(35)37-23-24-28(39-27(36)20-18-16-14-12-10-8-6-4-2)29-30(38-24)34-22-21-25(32)33-31(34)40-29/h21-22,24,28-30,32H,3-20,23H2,1-2H3. The van der Waals surface area contributed by atoms with Crippen LogP contribution in [0, 0.1) is 5.41 Å². The summed E-state index contributed by atoms with van der Waals surface area (Å²) in [4.78, 5) is 29.3. The van der Waals surface area contributed by atoms with Gasteiger partial charge in [-0.3, -0.25) is 19.6 Å². The van der Waals surface area contributed by atoms with Crippen molar-refractivity contribution >= 4 is 11.9 Å². The molecule has 0 radical (unpaired) electrons. The number of nitrogens with one attached hydrogen (secondary N) is 1. The molecular weight excluding hydrogens is 510 g/mol. The lowest BCUT2D eigenvalue weighted by Gasteiger charge is -2.22. The second-order valence-electron chi connectivity index (χ2n) is 11.2. The molecule has 2 aliphatic heterocycles. The maximum absolute atomic E-state index is 12.8. The lowest BCUT2D eigenvalue weighted by molar-refractivity contribution is -0.160. The van der Waals surface area contributed by atoms with Crippen LogP contribution >= 0.6 is 0 Å². The SMILES string of the molecule is CCCCCCCCCCC(=O)OCC1OC2C(Oc3nc(=N)ccn32)C1OC(=O)CCCCCCCCCC. The summed E-state index contributed by atoms with van der Waals surface area (Å²) in [5.74, 6) is -0.556. The molecule has 1 fully saturated rings. The van der Waals surface area contributed by atoms with Gasteiger partial charge in [0.15, 0.2) is 23.9 Å². The van der Waals surface area contributed by atoms with Crippen LogP contribution in [-0.4, -0.2) is 46.4 Å². The molecule has 3 rings (SSSR count). The highest BCUT2D eigenvalue weighted by atomic mass is 16.7. The number of hydrogen-bond donors (Lipinski definition) is 1.